The Kier molecular flexibility index (Phi) is 6.48. The molecule has 0 bridgehead atoms. The second-order valence-corrected chi connectivity index (χ2v) is 7.44. The van der Waals surface area contributed by atoms with Crippen LogP contribution in [-0.4, -0.2) is 59.0 Å². The molecule has 0 aliphatic carbocycles. The molecule has 1 aliphatic heterocycles. The molecule has 0 unspecified atom stereocenters. The van der Waals surface area contributed by atoms with E-state index in [4.69, 9.17) is 0 Å². The fraction of sp³-hybridized carbons (Fsp3) is 0.300. The maximum Gasteiger partial charge on any atom is 0.282 e. The van der Waals surface area contributed by atoms with E-state index in [0.717, 1.165) is 4.90 Å². The molecule has 1 saturated heterocycles. The van der Waals surface area contributed by atoms with Crippen LogP contribution in [0.5, 0.6) is 0 Å². The number of carbonyl (C=O) groups is 2. The Morgan fingerprint density at radius 2 is 1.62 bits per heavy atom. The highest BCUT2D eigenvalue weighted by Crippen LogP contribution is 2.26. The van der Waals surface area contributed by atoms with Gasteiger partial charge in [0.1, 0.15) is 11.4 Å². The predicted molar refractivity (Wildman–Crippen MR) is 108 cm³/mol. The van der Waals surface area contributed by atoms with E-state index >= 15 is 0 Å². The predicted octanol–water partition coefficient (Wildman–Crippen LogP) is 3.44. The molecule has 7 nitrogen and oxygen atoms in total. The SMILES string of the molecule is CSc1ccc([N+](=O)[O-])c(C(=O)N2CCCN(C(=O)c3ccccc3F)CC2)c1. The number of hydrogen-bond donors (Lipinski definition) is 0. The maximum atomic E-state index is 13.9. The number of benzene rings is 2. The van der Waals surface area contributed by atoms with Crippen LogP contribution in [0.2, 0.25) is 0 Å². The van der Waals surface area contributed by atoms with Crippen molar-refractivity contribution in [2.24, 2.45) is 0 Å². The summed E-state index contributed by atoms with van der Waals surface area (Å²) in [7, 11) is 0. The number of carbonyl (C=O) groups excluding carboxylic acids is 2. The van der Waals surface area contributed by atoms with Gasteiger partial charge in [-0.15, -0.1) is 11.8 Å². The minimum Gasteiger partial charge on any atom is -0.337 e. The molecular formula is C20H20FN3O4S. The molecule has 0 spiro atoms. The normalized spacial score (nSPS) is 14.4. The number of nitro groups is 1. The molecule has 2 amide bonds. The monoisotopic (exact) mass is 417 g/mol. The quantitative estimate of drug-likeness (QED) is 0.432. The molecule has 9 heteroatoms. The fourth-order valence-corrected chi connectivity index (χ4v) is 3.71. The van der Waals surface area contributed by atoms with Gasteiger partial charge in [0.05, 0.1) is 10.5 Å². The molecule has 1 aliphatic rings. The first-order valence-electron chi connectivity index (χ1n) is 9.08. The third-order valence-electron chi connectivity index (χ3n) is 4.81. The lowest BCUT2D eigenvalue weighted by molar-refractivity contribution is -0.385. The van der Waals surface area contributed by atoms with Crippen LogP contribution in [0.15, 0.2) is 47.4 Å². The van der Waals surface area contributed by atoms with Crippen molar-refractivity contribution >= 4 is 29.3 Å². The summed E-state index contributed by atoms with van der Waals surface area (Å²) in [5, 5.41) is 11.3. The van der Waals surface area contributed by atoms with Gasteiger partial charge in [0.15, 0.2) is 0 Å². The van der Waals surface area contributed by atoms with E-state index in [-0.39, 0.29) is 29.9 Å². The standard InChI is InChI=1S/C20H20FN3O4S/c1-29-14-7-8-18(24(27)28)16(13-14)20(26)23-10-4-9-22(11-12-23)19(25)15-5-2-3-6-17(15)21/h2-3,5-8,13H,4,9-12H2,1H3. The number of amides is 2. The number of hydrogen-bond acceptors (Lipinski definition) is 5. The third kappa shape index (κ3) is 4.56. The molecule has 0 radical (unpaired) electrons. The molecule has 0 aromatic heterocycles. The number of thioether (sulfide) groups is 1. The van der Waals surface area contributed by atoms with Gasteiger partial charge in [-0.1, -0.05) is 12.1 Å². The molecule has 152 valence electrons. The van der Waals surface area contributed by atoms with E-state index in [1.807, 2.05) is 6.26 Å². The average Bonchev–Trinajstić information content (AvgIpc) is 2.99. The van der Waals surface area contributed by atoms with Gasteiger partial charge in [-0.2, -0.15) is 0 Å². The molecular weight excluding hydrogens is 397 g/mol. The van der Waals surface area contributed by atoms with Crippen molar-refractivity contribution in [3.05, 3.63) is 69.5 Å². The van der Waals surface area contributed by atoms with E-state index in [0.29, 0.717) is 19.5 Å². The fourth-order valence-electron chi connectivity index (χ4n) is 3.27. The first-order valence-corrected chi connectivity index (χ1v) is 10.3. The van der Waals surface area contributed by atoms with Crippen LogP contribution in [0.3, 0.4) is 0 Å². The number of nitro benzene ring substituents is 1. The Bertz CT molecular complexity index is 953. The molecule has 2 aromatic rings. The van der Waals surface area contributed by atoms with E-state index in [1.165, 1.54) is 51.9 Å². The van der Waals surface area contributed by atoms with E-state index < -0.39 is 22.6 Å². The van der Waals surface area contributed by atoms with Crippen LogP contribution in [0, 0.1) is 15.9 Å². The topological polar surface area (TPSA) is 83.8 Å². The van der Waals surface area contributed by atoms with Gasteiger partial charge in [-0.25, -0.2) is 4.39 Å². The first-order chi connectivity index (χ1) is 13.9. The van der Waals surface area contributed by atoms with Crippen LogP contribution in [0.4, 0.5) is 10.1 Å². The molecule has 29 heavy (non-hydrogen) atoms. The summed E-state index contributed by atoms with van der Waals surface area (Å²) in [6.07, 6.45) is 2.33. The van der Waals surface area contributed by atoms with Crippen molar-refractivity contribution in [2.45, 2.75) is 11.3 Å². The number of halogens is 1. The van der Waals surface area contributed by atoms with Crippen LogP contribution in [0.1, 0.15) is 27.1 Å². The van der Waals surface area contributed by atoms with Crippen molar-refractivity contribution in [3.8, 4) is 0 Å². The van der Waals surface area contributed by atoms with Gasteiger partial charge in [0, 0.05) is 37.1 Å². The van der Waals surface area contributed by atoms with Crippen molar-refractivity contribution in [1.82, 2.24) is 9.80 Å². The summed E-state index contributed by atoms with van der Waals surface area (Å²) in [5.74, 6) is -1.44. The Morgan fingerprint density at radius 1 is 1.00 bits per heavy atom. The lowest BCUT2D eigenvalue weighted by Crippen LogP contribution is -2.37. The number of rotatable bonds is 4. The Balaban J connectivity index is 1.78. The lowest BCUT2D eigenvalue weighted by atomic mass is 10.1. The smallest absolute Gasteiger partial charge is 0.282 e. The summed E-state index contributed by atoms with van der Waals surface area (Å²) >= 11 is 1.39. The maximum absolute atomic E-state index is 13.9. The van der Waals surface area contributed by atoms with Crippen molar-refractivity contribution in [2.75, 3.05) is 32.4 Å². The summed E-state index contributed by atoms with van der Waals surface area (Å²) in [6, 6.07) is 10.3. The minimum absolute atomic E-state index is 0.00409. The van der Waals surface area contributed by atoms with Gasteiger partial charge in [-0.05, 0) is 36.9 Å². The first kappa shape index (κ1) is 20.8. The van der Waals surface area contributed by atoms with Crippen molar-refractivity contribution in [3.63, 3.8) is 0 Å². The Labute approximate surface area is 171 Å². The summed E-state index contributed by atoms with van der Waals surface area (Å²) in [4.78, 5) is 40.2. The molecule has 0 N–H and O–H groups in total. The molecule has 3 rings (SSSR count). The molecule has 0 atom stereocenters. The second-order valence-electron chi connectivity index (χ2n) is 6.56. The summed E-state index contributed by atoms with van der Waals surface area (Å²) < 4.78 is 13.9. The third-order valence-corrected chi connectivity index (χ3v) is 5.53. The van der Waals surface area contributed by atoms with Crippen LogP contribution in [-0.2, 0) is 0 Å². The molecule has 0 saturated carbocycles. The molecule has 2 aromatic carbocycles. The van der Waals surface area contributed by atoms with Gasteiger partial charge >= 0.3 is 0 Å². The zero-order valence-corrected chi connectivity index (χ0v) is 16.7. The average molecular weight is 417 g/mol. The summed E-state index contributed by atoms with van der Waals surface area (Å²) in [6.45, 7) is 1.19. The second kappa shape index (κ2) is 9.04. The van der Waals surface area contributed by atoms with E-state index in [1.54, 1.807) is 12.1 Å². The van der Waals surface area contributed by atoms with Gasteiger partial charge in [-0.3, -0.25) is 19.7 Å². The van der Waals surface area contributed by atoms with Gasteiger partial charge in [0.25, 0.3) is 17.5 Å². The van der Waals surface area contributed by atoms with Gasteiger partial charge < -0.3 is 9.80 Å². The molecule has 1 heterocycles. The number of nitrogens with zero attached hydrogens (tertiary/aromatic N) is 3. The highest BCUT2D eigenvalue weighted by atomic mass is 32.2. The van der Waals surface area contributed by atoms with Crippen LogP contribution >= 0.6 is 11.8 Å². The van der Waals surface area contributed by atoms with E-state index in [9.17, 15) is 24.1 Å². The molecule has 1 fully saturated rings. The Hall–Kier alpha value is -2.94. The van der Waals surface area contributed by atoms with Crippen LogP contribution < -0.4 is 0 Å². The lowest BCUT2D eigenvalue weighted by Gasteiger charge is -2.22. The zero-order chi connectivity index (χ0) is 21.0. The Morgan fingerprint density at radius 3 is 2.21 bits per heavy atom. The van der Waals surface area contributed by atoms with Crippen molar-refractivity contribution in [1.29, 1.82) is 0 Å². The zero-order valence-electron chi connectivity index (χ0n) is 15.8. The highest BCUT2D eigenvalue weighted by Gasteiger charge is 2.28. The van der Waals surface area contributed by atoms with Gasteiger partial charge in [0.2, 0.25) is 0 Å². The minimum atomic E-state index is -0.584. The van der Waals surface area contributed by atoms with Crippen molar-refractivity contribution < 1.29 is 18.9 Å². The van der Waals surface area contributed by atoms with Crippen LogP contribution in [0.25, 0.3) is 0 Å². The summed E-state index contributed by atoms with van der Waals surface area (Å²) in [5.41, 5.74) is -0.206. The highest BCUT2D eigenvalue weighted by molar-refractivity contribution is 7.98. The largest absolute Gasteiger partial charge is 0.337 e. The van der Waals surface area contributed by atoms with E-state index in [2.05, 4.69) is 0 Å².